The van der Waals surface area contributed by atoms with E-state index in [0.29, 0.717) is 0 Å². The monoisotopic (exact) mass is 185 g/mol. The molecule has 0 aromatic carbocycles. The first-order valence-corrected chi connectivity index (χ1v) is 5.49. The lowest BCUT2D eigenvalue weighted by Crippen LogP contribution is -2.23. The van der Waals surface area contributed by atoms with Gasteiger partial charge in [-0.2, -0.15) is 11.8 Å². The second kappa shape index (κ2) is 5.27. The molecule has 68 valence electrons. The van der Waals surface area contributed by atoms with E-state index in [4.69, 9.17) is 10.2 Å². The first-order valence-electron chi connectivity index (χ1n) is 4.10. The maximum absolute atomic E-state index is 5.88. The van der Waals surface area contributed by atoms with Gasteiger partial charge in [0.2, 0.25) is 0 Å². The minimum atomic E-state index is 0.239. The van der Waals surface area contributed by atoms with E-state index in [1.807, 2.05) is 23.9 Å². The Morgan fingerprint density at radius 1 is 1.67 bits per heavy atom. The Morgan fingerprint density at radius 2 is 2.50 bits per heavy atom. The summed E-state index contributed by atoms with van der Waals surface area (Å²) in [5, 5.41) is 0. The van der Waals surface area contributed by atoms with Crippen molar-refractivity contribution in [2.24, 2.45) is 5.73 Å². The maximum Gasteiger partial charge on any atom is 0.105 e. The van der Waals surface area contributed by atoms with E-state index < -0.39 is 0 Å². The smallest absolute Gasteiger partial charge is 0.105 e. The van der Waals surface area contributed by atoms with Crippen LogP contribution in [0, 0.1) is 0 Å². The minimum Gasteiger partial charge on any atom is -0.469 e. The summed E-state index contributed by atoms with van der Waals surface area (Å²) in [6, 6.07) is 4.11. The van der Waals surface area contributed by atoms with Crippen LogP contribution < -0.4 is 5.73 Å². The molecule has 0 aliphatic heterocycles. The van der Waals surface area contributed by atoms with Crippen molar-refractivity contribution in [1.82, 2.24) is 0 Å². The quantitative estimate of drug-likeness (QED) is 0.761. The van der Waals surface area contributed by atoms with E-state index in [1.54, 1.807) is 6.26 Å². The summed E-state index contributed by atoms with van der Waals surface area (Å²) in [7, 11) is 0. The van der Waals surface area contributed by atoms with Crippen LogP contribution in [0.3, 0.4) is 0 Å². The van der Waals surface area contributed by atoms with Gasteiger partial charge in [0.05, 0.1) is 6.26 Å². The molecule has 12 heavy (non-hydrogen) atoms. The molecule has 3 heteroatoms. The second-order valence-corrected chi connectivity index (χ2v) is 3.81. The molecule has 0 radical (unpaired) electrons. The molecule has 0 aliphatic carbocycles. The molecular formula is C9H15NOS. The summed E-state index contributed by atoms with van der Waals surface area (Å²) in [4.78, 5) is 0. The number of thioether (sulfide) groups is 1. The van der Waals surface area contributed by atoms with Crippen LogP contribution in [-0.4, -0.2) is 18.1 Å². The summed E-state index contributed by atoms with van der Waals surface area (Å²) in [6.07, 6.45) is 5.70. The molecule has 1 aromatic heterocycles. The van der Waals surface area contributed by atoms with Crippen molar-refractivity contribution in [2.45, 2.75) is 18.9 Å². The predicted octanol–water partition coefficient (Wildman–Crippen LogP) is 1.90. The third-order valence-electron chi connectivity index (χ3n) is 1.74. The van der Waals surface area contributed by atoms with Gasteiger partial charge in [-0.3, -0.25) is 0 Å². The maximum atomic E-state index is 5.88. The molecule has 0 amide bonds. The van der Waals surface area contributed by atoms with Gasteiger partial charge in [-0.05, 0) is 30.6 Å². The van der Waals surface area contributed by atoms with Crippen LogP contribution in [0.5, 0.6) is 0 Å². The molecule has 0 bridgehead atoms. The Balaban J connectivity index is 2.22. The number of hydrogen-bond acceptors (Lipinski definition) is 3. The predicted molar refractivity (Wildman–Crippen MR) is 53.4 cm³/mol. The molecule has 0 saturated carbocycles. The lowest BCUT2D eigenvalue weighted by atomic mass is 10.1. The van der Waals surface area contributed by atoms with E-state index in [1.165, 1.54) is 0 Å². The van der Waals surface area contributed by atoms with Gasteiger partial charge in [-0.15, -0.1) is 0 Å². The molecule has 2 N–H and O–H groups in total. The fourth-order valence-corrected chi connectivity index (χ4v) is 1.60. The molecule has 1 atom stereocenters. The molecular weight excluding hydrogens is 170 g/mol. The van der Waals surface area contributed by atoms with Crippen LogP contribution in [0.15, 0.2) is 22.8 Å². The van der Waals surface area contributed by atoms with Crippen molar-refractivity contribution < 1.29 is 4.42 Å². The van der Waals surface area contributed by atoms with Gasteiger partial charge in [0.15, 0.2) is 0 Å². The van der Waals surface area contributed by atoms with Crippen molar-refractivity contribution in [1.29, 1.82) is 0 Å². The highest BCUT2D eigenvalue weighted by atomic mass is 32.2. The molecule has 1 rings (SSSR count). The fraction of sp³-hybridized carbons (Fsp3) is 0.556. The number of nitrogens with two attached hydrogens (primary N) is 1. The van der Waals surface area contributed by atoms with Gasteiger partial charge in [-0.1, -0.05) is 0 Å². The summed E-state index contributed by atoms with van der Waals surface area (Å²) >= 11 is 1.83. The highest BCUT2D eigenvalue weighted by Crippen LogP contribution is 2.06. The number of furan rings is 1. The molecule has 2 nitrogen and oxygen atoms in total. The molecule has 0 spiro atoms. The van der Waals surface area contributed by atoms with Crippen LogP contribution in [0.2, 0.25) is 0 Å². The van der Waals surface area contributed by atoms with Gasteiger partial charge < -0.3 is 10.2 Å². The zero-order valence-electron chi connectivity index (χ0n) is 7.32. The molecule has 0 aliphatic rings. The van der Waals surface area contributed by atoms with Gasteiger partial charge in [0, 0.05) is 12.5 Å². The minimum absolute atomic E-state index is 0.239. The summed E-state index contributed by atoms with van der Waals surface area (Å²) in [5.41, 5.74) is 5.88. The standard InChI is InChI=1S/C9H15NOS/c1-12-6-4-8(10)7-9-3-2-5-11-9/h2-3,5,8H,4,6-7,10H2,1H3. The molecule has 1 heterocycles. The molecule has 1 aromatic rings. The van der Waals surface area contributed by atoms with Gasteiger partial charge in [-0.25, -0.2) is 0 Å². The largest absolute Gasteiger partial charge is 0.469 e. The SMILES string of the molecule is CSCCC(N)Cc1ccco1. The van der Waals surface area contributed by atoms with Crippen molar-refractivity contribution in [3.8, 4) is 0 Å². The van der Waals surface area contributed by atoms with Gasteiger partial charge in [0.1, 0.15) is 5.76 Å². The lowest BCUT2D eigenvalue weighted by Gasteiger charge is -2.07. The van der Waals surface area contributed by atoms with Crippen LogP contribution in [0.1, 0.15) is 12.2 Å². The average Bonchev–Trinajstić information content (AvgIpc) is 2.53. The third kappa shape index (κ3) is 3.32. The van der Waals surface area contributed by atoms with Crippen molar-refractivity contribution >= 4 is 11.8 Å². The first kappa shape index (κ1) is 9.68. The van der Waals surface area contributed by atoms with E-state index in [-0.39, 0.29) is 6.04 Å². The number of hydrogen-bond donors (Lipinski definition) is 1. The first-order chi connectivity index (χ1) is 5.83. The van der Waals surface area contributed by atoms with Crippen LogP contribution in [-0.2, 0) is 6.42 Å². The second-order valence-electron chi connectivity index (χ2n) is 2.83. The summed E-state index contributed by atoms with van der Waals surface area (Å²) < 4.78 is 5.20. The van der Waals surface area contributed by atoms with Crippen molar-refractivity contribution in [2.75, 3.05) is 12.0 Å². The van der Waals surface area contributed by atoms with Crippen LogP contribution in [0.25, 0.3) is 0 Å². The highest BCUT2D eigenvalue weighted by molar-refractivity contribution is 7.98. The number of rotatable bonds is 5. The average molecular weight is 185 g/mol. The Labute approximate surface area is 77.5 Å². The van der Waals surface area contributed by atoms with Crippen molar-refractivity contribution in [3.63, 3.8) is 0 Å². The highest BCUT2D eigenvalue weighted by Gasteiger charge is 2.04. The van der Waals surface area contributed by atoms with Gasteiger partial charge >= 0.3 is 0 Å². The Hall–Kier alpha value is -0.410. The molecule has 1 unspecified atom stereocenters. The van der Waals surface area contributed by atoms with E-state index in [0.717, 1.165) is 24.4 Å². The Bertz CT molecular complexity index is 198. The zero-order valence-corrected chi connectivity index (χ0v) is 8.14. The zero-order chi connectivity index (χ0) is 8.81. The summed E-state index contributed by atoms with van der Waals surface area (Å²) in [6.45, 7) is 0. The van der Waals surface area contributed by atoms with E-state index in [2.05, 4.69) is 6.26 Å². The molecule has 0 saturated heterocycles. The Morgan fingerprint density at radius 3 is 3.08 bits per heavy atom. The van der Waals surface area contributed by atoms with Crippen molar-refractivity contribution in [3.05, 3.63) is 24.2 Å². The normalized spacial score (nSPS) is 13.2. The van der Waals surface area contributed by atoms with Gasteiger partial charge in [0.25, 0.3) is 0 Å². The fourth-order valence-electron chi connectivity index (χ4n) is 1.06. The molecule has 0 fully saturated rings. The van der Waals surface area contributed by atoms with Crippen LogP contribution in [0.4, 0.5) is 0 Å². The van der Waals surface area contributed by atoms with Crippen LogP contribution >= 0.6 is 11.8 Å². The Kier molecular flexibility index (Phi) is 4.25. The lowest BCUT2D eigenvalue weighted by molar-refractivity contribution is 0.481. The van der Waals surface area contributed by atoms with E-state index >= 15 is 0 Å². The topological polar surface area (TPSA) is 39.2 Å². The third-order valence-corrected chi connectivity index (χ3v) is 2.38. The van der Waals surface area contributed by atoms with E-state index in [9.17, 15) is 0 Å². The summed E-state index contributed by atoms with van der Waals surface area (Å²) in [5.74, 6) is 2.12.